The Balaban J connectivity index is 2.53. The maximum Gasteiger partial charge on any atom is 0.343 e. The number of aliphatic hydroxyl groups is 1. The van der Waals surface area contributed by atoms with E-state index in [9.17, 15) is 4.79 Å². The van der Waals surface area contributed by atoms with E-state index in [1.54, 1.807) is 12.1 Å². The first-order valence-electron chi connectivity index (χ1n) is 4.65. The first-order valence-corrected chi connectivity index (χ1v) is 4.65. The molecule has 1 aromatic carbocycles. The Morgan fingerprint density at radius 1 is 1.47 bits per heavy atom. The molecule has 0 heterocycles. The summed E-state index contributed by atoms with van der Waals surface area (Å²) in [6.45, 7) is -0.000463. The molecule has 0 bridgehead atoms. The lowest BCUT2D eigenvalue weighted by Gasteiger charge is -2.06. The summed E-state index contributed by atoms with van der Waals surface area (Å²) in [5.41, 5.74) is 0.972. The number of rotatable bonds is 5. The second kappa shape index (κ2) is 6.03. The molecule has 0 radical (unpaired) electrons. The maximum absolute atomic E-state index is 10.8. The van der Waals surface area contributed by atoms with E-state index in [1.807, 2.05) is 12.1 Å². The molecule has 4 nitrogen and oxygen atoms in total. The van der Waals surface area contributed by atoms with Crippen LogP contribution in [0.2, 0.25) is 0 Å². The molecule has 0 unspecified atom stereocenters. The number of aliphatic hydroxyl groups excluding tert-OH is 1. The Labute approximate surface area is 88.4 Å². The van der Waals surface area contributed by atoms with E-state index in [2.05, 4.69) is 4.74 Å². The highest BCUT2D eigenvalue weighted by atomic mass is 16.6. The predicted molar refractivity (Wildman–Crippen MR) is 54.7 cm³/mol. The number of carbonyl (C=O) groups is 1. The molecule has 0 aliphatic rings. The molecular formula is C11H14O4. The first kappa shape index (κ1) is 11.5. The van der Waals surface area contributed by atoms with Crippen LogP contribution in [0.15, 0.2) is 24.3 Å². The summed E-state index contributed by atoms with van der Waals surface area (Å²) in [7, 11) is 1.31. The van der Waals surface area contributed by atoms with Gasteiger partial charge in [-0.25, -0.2) is 4.79 Å². The van der Waals surface area contributed by atoms with E-state index in [0.717, 1.165) is 5.56 Å². The Kier molecular flexibility index (Phi) is 4.63. The summed E-state index contributed by atoms with van der Waals surface area (Å²) in [5.74, 6) is 0.189. The summed E-state index contributed by atoms with van der Waals surface area (Å²) in [5, 5.41) is 8.75. The van der Waals surface area contributed by atoms with Gasteiger partial charge in [0.05, 0.1) is 7.11 Å². The van der Waals surface area contributed by atoms with Gasteiger partial charge in [-0.3, -0.25) is 0 Å². The third-order valence-electron chi connectivity index (χ3n) is 1.88. The molecule has 0 saturated carbocycles. The number of ether oxygens (including phenoxy) is 2. The highest BCUT2D eigenvalue weighted by molar-refractivity contribution is 5.70. The number of hydrogen-bond acceptors (Lipinski definition) is 4. The van der Waals surface area contributed by atoms with Gasteiger partial charge in [-0.1, -0.05) is 12.1 Å². The van der Waals surface area contributed by atoms with Gasteiger partial charge in [0.2, 0.25) is 0 Å². The fraction of sp³-hybridized carbons (Fsp3) is 0.364. The largest absolute Gasteiger partial charge is 0.482 e. The minimum absolute atomic E-state index is 0.0977. The number of hydrogen-bond donors (Lipinski definition) is 1. The van der Waals surface area contributed by atoms with Crippen molar-refractivity contribution in [3.05, 3.63) is 29.8 Å². The molecule has 0 aliphatic carbocycles. The molecule has 0 saturated heterocycles. The second-order valence-electron chi connectivity index (χ2n) is 2.99. The van der Waals surface area contributed by atoms with Gasteiger partial charge in [0, 0.05) is 6.61 Å². The molecule has 1 rings (SSSR count). The lowest BCUT2D eigenvalue weighted by molar-refractivity contribution is -0.142. The van der Waals surface area contributed by atoms with Crippen LogP contribution in [-0.4, -0.2) is 31.4 Å². The molecule has 15 heavy (non-hydrogen) atoms. The lowest BCUT2D eigenvalue weighted by atomic mass is 10.1. The molecule has 4 heteroatoms. The van der Waals surface area contributed by atoms with Gasteiger partial charge in [0.15, 0.2) is 6.61 Å². The van der Waals surface area contributed by atoms with Crippen LogP contribution < -0.4 is 4.74 Å². The minimum Gasteiger partial charge on any atom is -0.482 e. The monoisotopic (exact) mass is 210 g/mol. The van der Waals surface area contributed by atoms with Gasteiger partial charge in [0.1, 0.15) is 5.75 Å². The van der Waals surface area contributed by atoms with Crippen LogP contribution in [0.4, 0.5) is 0 Å². The fourth-order valence-corrected chi connectivity index (χ4v) is 1.12. The van der Waals surface area contributed by atoms with Gasteiger partial charge in [-0.15, -0.1) is 0 Å². The van der Waals surface area contributed by atoms with E-state index in [4.69, 9.17) is 9.84 Å². The van der Waals surface area contributed by atoms with E-state index < -0.39 is 5.97 Å². The van der Waals surface area contributed by atoms with Crippen molar-refractivity contribution in [3.63, 3.8) is 0 Å². The highest BCUT2D eigenvalue weighted by Gasteiger charge is 2.02. The van der Waals surface area contributed by atoms with Gasteiger partial charge in [-0.05, 0) is 24.1 Å². The second-order valence-corrected chi connectivity index (χ2v) is 2.99. The van der Waals surface area contributed by atoms with Gasteiger partial charge in [0.25, 0.3) is 0 Å². The Morgan fingerprint density at radius 2 is 2.27 bits per heavy atom. The average molecular weight is 210 g/mol. The van der Waals surface area contributed by atoms with Crippen LogP contribution in [0.1, 0.15) is 5.56 Å². The lowest BCUT2D eigenvalue weighted by Crippen LogP contribution is -2.12. The minimum atomic E-state index is -0.414. The smallest absolute Gasteiger partial charge is 0.343 e. The molecule has 1 aromatic rings. The van der Waals surface area contributed by atoms with Crippen molar-refractivity contribution in [2.45, 2.75) is 6.42 Å². The summed E-state index contributed by atoms with van der Waals surface area (Å²) >= 11 is 0. The molecular weight excluding hydrogens is 196 g/mol. The number of benzene rings is 1. The zero-order chi connectivity index (χ0) is 11.1. The third-order valence-corrected chi connectivity index (χ3v) is 1.88. The standard InChI is InChI=1S/C11H14O4/c1-14-11(13)8-15-10-4-2-3-9(7-10)5-6-12/h2-4,7,12H,5-6,8H2,1H3. The molecule has 1 N–H and O–H groups in total. The predicted octanol–water partition coefficient (Wildman–Crippen LogP) is 0.773. The average Bonchev–Trinajstić information content (AvgIpc) is 2.27. The molecule has 0 atom stereocenters. The van der Waals surface area contributed by atoms with Crippen LogP contribution in [0.25, 0.3) is 0 Å². The summed E-state index contributed by atoms with van der Waals surface area (Å²) in [4.78, 5) is 10.8. The molecule has 0 spiro atoms. The Bertz CT molecular complexity index is 322. The van der Waals surface area contributed by atoms with Crippen LogP contribution in [0.3, 0.4) is 0 Å². The zero-order valence-corrected chi connectivity index (χ0v) is 8.60. The molecule has 0 amide bonds. The van der Waals surface area contributed by atoms with E-state index in [-0.39, 0.29) is 13.2 Å². The third kappa shape index (κ3) is 3.99. The first-order chi connectivity index (χ1) is 7.26. The van der Waals surface area contributed by atoms with E-state index in [0.29, 0.717) is 12.2 Å². The van der Waals surface area contributed by atoms with Crippen LogP contribution in [0, 0.1) is 0 Å². The van der Waals surface area contributed by atoms with Crippen molar-refractivity contribution in [2.24, 2.45) is 0 Å². The number of carbonyl (C=O) groups excluding carboxylic acids is 1. The van der Waals surface area contributed by atoms with Crippen LogP contribution >= 0.6 is 0 Å². The SMILES string of the molecule is COC(=O)COc1cccc(CCO)c1. The Hall–Kier alpha value is -1.55. The number of esters is 1. The maximum atomic E-state index is 10.8. The van der Waals surface area contributed by atoms with Gasteiger partial charge >= 0.3 is 5.97 Å². The van der Waals surface area contributed by atoms with Gasteiger partial charge in [-0.2, -0.15) is 0 Å². The Morgan fingerprint density at radius 3 is 2.93 bits per heavy atom. The summed E-state index contributed by atoms with van der Waals surface area (Å²) in [6, 6.07) is 7.25. The molecule has 0 aliphatic heterocycles. The van der Waals surface area contributed by atoms with Gasteiger partial charge < -0.3 is 14.6 Å². The van der Waals surface area contributed by atoms with Crippen molar-refractivity contribution in [2.75, 3.05) is 20.3 Å². The van der Waals surface area contributed by atoms with Crippen LogP contribution in [-0.2, 0) is 16.0 Å². The molecule has 0 aromatic heterocycles. The normalized spacial score (nSPS) is 9.73. The quantitative estimate of drug-likeness (QED) is 0.729. The zero-order valence-electron chi connectivity index (χ0n) is 8.60. The van der Waals surface area contributed by atoms with E-state index in [1.165, 1.54) is 7.11 Å². The topological polar surface area (TPSA) is 55.8 Å². The van der Waals surface area contributed by atoms with Crippen molar-refractivity contribution in [1.29, 1.82) is 0 Å². The van der Waals surface area contributed by atoms with E-state index >= 15 is 0 Å². The van der Waals surface area contributed by atoms with Crippen molar-refractivity contribution in [1.82, 2.24) is 0 Å². The van der Waals surface area contributed by atoms with Crippen molar-refractivity contribution in [3.8, 4) is 5.75 Å². The number of methoxy groups -OCH3 is 1. The van der Waals surface area contributed by atoms with Crippen molar-refractivity contribution >= 4 is 5.97 Å². The molecule has 0 fully saturated rings. The fourth-order valence-electron chi connectivity index (χ4n) is 1.12. The highest BCUT2D eigenvalue weighted by Crippen LogP contribution is 2.13. The summed E-state index contributed by atoms with van der Waals surface area (Å²) in [6.07, 6.45) is 0.579. The van der Waals surface area contributed by atoms with Crippen molar-refractivity contribution < 1.29 is 19.4 Å². The van der Waals surface area contributed by atoms with Crippen LogP contribution in [0.5, 0.6) is 5.75 Å². The molecule has 82 valence electrons. The summed E-state index contributed by atoms with van der Waals surface area (Å²) < 4.78 is 9.64.